The Morgan fingerprint density at radius 2 is 2.08 bits per heavy atom. The number of hydrogen-bond acceptors (Lipinski definition) is 6. The molecule has 6 heteroatoms. The summed E-state index contributed by atoms with van der Waals surface area (Å²) >= 11 is 0. The summed E-state index contributed by atoms with van der Waals surface area (Å²) in [7, 11) is 0. The number of benzene rings is 1. The number of aromatic nitrogens is 2. The van der Waals surface area contributed by atoms with Crippen LogP contribution in [0, 0.1) is 11.3 Å². The van der Waals surface area contributed by atoms with Gasteiger partial charge in [-0.1, -0.05) is 0 Å². The fourth-order valence-electron chi connectivity index (χ4n) is 4.27. The third-order valence-corrected chi connectivity index (χ3v) is 5.69. The highest BCUT2D eigenvalue weighted by atomic mass is 16.5. The van der Waals surface area contributed by atoms with Gasteiger partial charge < -0.3 is 10.1 Å². The largest absolute Gasteiger partial charge is 0.379 e. The van der Waals surface area contributed by atoms with Crippen LogP contribution in [0.3, 0.4) is 0 Å². The molecule has 1 atom stereocenters. The van der Waals surface area contributed by atoms with E-state index in [0.29, 0.717) is 23.7 Å². The molecule has 1 saturated carbocycles. The summed E-state index contributed by atoms with van der Waals surface area (Å²) < 4.78 is 5.57. The molecule has 4 rings (SSSR count). The van der Waals surface area contributed by atoms with Crippen LogP contribution in [-0.4, -0.2) is 52.8 Å². The van der Waals surface area contributed by atoms with Crippen molar-refractivity contribution in [3.63, 3.8) is 0 Å². The summed E-state index contributed by atoms with van der Waals surface area (Å²) in [5, 5.41) is 13.7. The number of hydrogen-bond donors (Lipinski definition) is 1. The van der Waals surface area contributed by atoms with Crippen molar-refractivity contribution in [1.82, 2.24) is 14.9 Å². The van der Waals surface area contributed by atoms with Gasteiger partial charge in [-0.15, -0.1) is 0 Å². The third kappa shape index (κ3) is 3.50. The number of morpholine rings is 1. The average Bonchev–Trinajstić information content (AvgIpc) is 2.69. The number of rotatable bonds is 3. The minimum atomic E-state index is 0.423. The molecule has 2 fully saturated rings. The standard InChI is InChI=1S/C20H25N5O/c1-14-12-26-9-8-25(14)17-5-3-16(4-6-17)24-20-18-10-15(11-21)2-7-19(18)22-13-23-20/h2,7,10,13-14,16-17H,3-6,8-9,12H2,1H3,(H,22,23,24)/t14-,16-,17-/m1/s1. The number of ether oxygens (including phenoxy) is 1. The summed E-state index contributed by atoms with van der Waals surface area (Å²) in [6.45, 7) is 5.03. The highest BCUT2D eigenvalue weighted by molar-refractivity contribution is 5.89. The van der Waals surface area contributed by atoms with E-state index in [1.807, 2.05) is 12.1 Å². The molecule has 136 valence electrons. The van der Waals surface area contributed by atoms with Crippen LogP contribution < -0.4 is 5.32 Å². The van der Waals surface area contributed by atoms with Gasteiger partial charge in [-0.3, -0.25) is 4.90 Å². The fourth-order valence-corrected chi connectivity index (χ4v) is 4.27. The SMILES string of the molecule is C[C@@H]1COCCN1[C@H]1CC[C@H](Nc2ncnc3ccc(C#N)cc23)CC1. The average molecular weight is 351 g/mol. The Labute approximate surface area is 154 Å². The lowest BCUT2D eigenvalue weighted by atomic mass is 9.89. The van der Waals surface area contributed by atoms with Crippen molar-refractivity contribution >= 4 is 16.7 Å². The number of fused-ring (bicyclic) bond motifs is 1. The van der Waals surface area contributed by atoms with E-state index in [-0.39, 0.29) is 0 Å². The monoisotopic (exact) mass is 351 g/mol. The van der Waals surface area contributed by atoms with Crippen LogP contribution in [0.25, 0.3) is 10.9 Å². The third-order valence-electron chi connectivity index (χ3n) is 5.69. The van der Waals surface area contributed by atoms with E-state index in [0.717, 1.165) is 49.3 Å². The molecule has 0 radical (unpaired) electrons. The fraction of sp³-hybridized carbons (Fsp3) is 0.550. The summed E-state index contributed by atoms with van der Waals surface area (Å²) in [6.07, 6.45) is 6.27. The Hall–Kier alpha value is -2.23. The Balaban J connectivity index is 1.43. The van der Waals surface area contributed by atoms with Crippen molar-refractivity contribution in [2.75, 3.05) is 25.1 Å². The Kier molecular flexibility index (Phi) is 5.00. The lowest BCUT2D eigenvalue weighted by molar-refractivity contribution is -0.0296. The summed E-state index contributed by atoms with van der Waals surface area (Å²) in [4.78, 5) is 11.4. The molecule has 1 aliphatic carbocycles. The minimum Gasteiger partial charge on any atom is -0.379 e. The molecule has 2 heterocycles. The van der Waals surface area contributed by atoms with Crippen molar-refractivity contribution < 1.29 is 4.74 Å². The van der Waals surface area contributed by atoms with Gasteiger partial charge in [-0.2, -0.15) is 5.26 Å². The Morgan fingerprint density at radius 3 is 2.85 bits per heavy atom. The van der Waals surface area contributed by atoms with Crippen LogP contribution in [-0.2, 0) is 4.74 Å². The van der Waals surface area contributed by atoms with Gasteiger partial charge in [-0.25, -0.2) is 9.97 Å². The zero-order valence-corrected chi connectivity index (χ0v) is 15.2. The van der Waals surface area contributed by atoms with Gasteiger partial charge in [-0.05, 0) is 50.8 Å². The van der Waals surface area contributed by atoms with Crippen LogP contribution in [0.15, 0.2) is 24.5 Å². The van der Waals surface area contributed by atoms with E-state index in [1.54, 1.807) is 12.4 Å². The lowest BCUT2D eigenvalue weighted by Gasteiger charge is -2.42. The second-order valence-electron chi connectivity index (χ2n) is 7.38. The van der Waals surface area contributed by atoms with Crippen molar-refractivity contribution in [2.24, 2.45) is 0 Å². The van der Waals surface area contributed by atoms with Crippen molar-refractivity contribution in [1.29, 1.82) is 5.26 Å². The predicted molar refractivity (Wildman–Crippen MR) is 101 cm³/mol. The van der Waals surface area contributed by atoms with Gasteiger partial charge in [0.15, 0.2) is 0 Å². The smallest absolute Gasteiger partial charge is 0.137 e. The molecular weight excluding hydrogens is 326 g/mol. The summed E-state index contributed by atoms with van der Waals surface area (Å²) in [5.41, 5.74) is 1.51. The van der Waals surface area contributed by atoms with E-state index in [4.69, 9.17) is 10.00 Å². The second kappa shape index (κ2) is 7.56. The first-order valence-electron chi connectivity index (χ1n) is 9.49. The number of nitriles is 1. The minimum absolute atomic E-state index is 0.423. The molecule has 0 amide bonds. The molecule has 1 aliphatic heterocycles. The molecule has 2 aliphatic rings. The predicted octanol–water partition coefficient (Wildman–Crippen LogP) is 2.95. The molecule has 0 spiro atoms. The first-order chi connectivity index (χ1) is 12.7. The van der Waals surface area contributed by atoms with Crippen LogP contribution in [0.4, 0.5) is 5.82 Å². The normalized spacial score (nSPS) is 27.2. The molecule has 1 aromatic carbocycles. The van der Waals surface area contributed by atoms with Crippen LogP contribution in [0.5, 0.6) is 0 Å². The quantitative estimate of drug-likeness (QED) is 0.916. The van der Waals surface area contributed by atoms with Crippen LogP contribution in [0.1, 0.15) is 38.2 Å². The van der Waals surface area contributed by atoms with Crippen molar-refractivity contribution in [3.05, 3.63) is 30.1 Å². The lowest BCUT2D eigenvalue weighted by Crippen LogP contribution is -2.51. The zero-order valence-electron chi connectivity index (χ0n) is 15.2. The van der Waals surface area contributed by atoms with E-state index in [9.17, 15) is 0 Å². The Bertz CT molecular complexity index is 809. The van der Waals surface area contributed by atoms with Gasteiger partial charge >= 0.3 is 0 Å². The molecule has 1 aromatic heterocycles. The number of nitrogens with zero attached hydrogens (tertiary/aromatic N) is 4. The number of anilines is 1. The molecule has 1 saturated heterocycles. The molecular formula is C20H25N5O. The Morgan fingerprint density at radius 1 is 1.23 bits per heavy atom. The maximum absolute atomic E-state index is 9.16. The zero-order chi connectivity index (χ0) is 17.9. The molecule has 6 nitrogen and oxygen atoms in total. The second-order valence-corrected chi connectivity index (χ2v) is 7.38. The molecule has 0 unspecified atom stereocenters. The number of nitrogens with one attached hydrogen (secondary N) is 1. The van der Waals surface area contributed by atoms with E-state index < -0.39 is 0 Å². The summed E-state index contributed by atoms with van der Waals surface area (Å²) in [5.74, 6) is 0.843. The van der Waals surface area contributed by atoms with E-state index in [1.165, 1.54) is 12.8 Å². The molecule has 2 aromatic rings. The molecule has 1 N–H and O–H groups in total. The van der Waals surface area contributed by atoms with Crippen LogP contribution in [0.2, 0.25) is 0 Å². The first-order valence-corrected chi connectivity index (χ1v) is 9.49. The maximum Gasteiger partial charge on any atom is 0.137 e. The van der Waals surface area contributed by atoms with Crippen LogP contribution >= 0.6 is 0 Å². The molecule has 26 heavy (non-hydrogen) atoms. The summed E-state index contributed by atoms with van der Waals surface area (Å²) in [6, 6.07) is 9.37. The van der Waals surface area contributed by atoms with Gasteiger partial charge in [0.25, 0.3) is 0 Å². The maximum atomic E-state index is 9.16. The van der Waals surface area contributed by atoms with E-state index >= 15 is 0 Å². The van der Waals surface area contributed by atoms with Crippen molar-refractivity contribution in [2.45, 2.75) is 50.7 Å². The van der Waals surface area contributed by atoms with Gasteiger partial charge in [0.05, 0.1) is 30.4 Å². The van der Waals surface area contributed by atoms with Gasteiger partial charge in [0.2, 0.25) is 0 Å². The van der Waals surface area contributed by atoms with Crippen molar-refractivity contribution in [3.8, 4) is 6.07 Å². The molecule has 0 bridgehead atoms. The highest BCUT2D eigenvalue weighted by Gasteiger charge is 2.30. The van der Waals surface area contributed by atoms with E-state index in [2.05, 4.69) is 33.2 Å². The topological polar surface area (TPSA) is 74.1 Å². The van der Waals surface area contributed by atoms with Gasteiger partial charge in [0, 0.05) is 30.1 Å². The van der Waals surface area contributed by atoms with Gasteiger partial charge in [0.1, 0.15) is 12.1 Å². The highest BCUT2D eigenvalue weighted by Crippen LogP contribution is 2.29. The first kappa shape index (κ1) is 17.2.